The van der Waals surface area contributed by atoms with Crippen molar-refractivity contribution in [3.63, 3.8) is 0 Å². The van der Waals surface area contributed by atoms with E-state index < -0.39 is 24.0 Å². The van der Waals surface area contributed by atoms with Crippen molar-refractivity contribution in [1.82, 2.24) is 10.2 Å². The highest BCUT2D eigenvalue weighted by molar-refractivity contribution is 7.09. The molecule has 2 aromatic rings. The number of amides is 2. The molecule has 0 aliphatic carbocycles. The molecule has 0 bridgehead atoms. The van der Waals surface area contributed by atoms with Crippen LogP contribution in [0.1, 0.15) is 16.0 Å². The Balaban J connectivity index is 1.58. The summed E-state index contributed by atoms with van der Waals surface area (Å²) in [7, 11) is 3.10. The molecule has 162 valence electrons. The number of ether oxygens (including phenoxy) is 2. The highest BCUT2D eigenvalue weighted by Crippen LogP contribution is 2.33. The third-order valence-corrected chi connectivity index (χ3v) is 6.04. The molecule has 1 aliphatic heterocycles. The summed E-state index contributed by atoms with van der Waals surface area (Å²) in [4.78, 5) is 27.3. The Labute approximate surface area is 179 Å². The number of aliphatic hydroxyl groups excluding tert-OH is 2. The van der Waals surface area contributed by atoms with Gasteiger partial charge < -0.3 is 29.9 Å². The topological polar surface area (TPSA) is 108 Å². The van der Waals surface area contributed by atoms with Crippen LogP contribution in [0, 0.1) is 0 Å². The lowest BCUT2D eigenvalue weighted by Crippen LogP contribution is -2.51. The molecule has 2 heterocycles. The fourth-order valence-electron chi connectivity index (χ4n) is 3.41. The number of rotatable bonds is 8. The van der Waals surface area contributed by atoms with Crippen LogP contribution in [0.4, 0.5) is 0 Å². The third-order valence-electron chi connectivity index (χ3n) is 5.10. The van der Waals surface area contributed by atoms with Gasteiger partial charge >= 0.3 is 0 Å². The van der Waals surface area contributed by atoms with Crippen LogP contribution in [0.5, 0.6) is 11.5 Å². The Hall–Kier alpha value is -2.62. The zero-order valence-corrected chi connectivity index (χ0v) is 17.8. The second kappa shape index (κ2) is 9.92. The summed E-state index contributed by atoms with van der Waals surface area (Å²) in [5.74, 6) is -0.283. The lowest BCUT2D eigenvalue weighted by atomic mass is 9.98. The number of nitrogens with zero attached hydrogens (tertiary/aromatic N) is 1. The second-order valence-corrected chi connectivity index (χ2v) is 8.03. The van der Waals surface area contributed by atoms with E-state index in [1.54, 1.807) is 24.5 Å². The molecule has 8 nitrogen and oxygen atoms in total. The van der Waals surface area contributed by atoms with Crippen LogP contribution in [0.2, 0.25) is 0 Å². The van der Waals surface area contributed by atoms with E-state index in [-0.39, 0.29) is 6.54 Å². The number of aliphatic hydroxyl groups is 2. The first kappa shape index (κ1) is 22.1. The SMILES string of the molecule is COc1cc2c(cc1OC)CN(C(=O)[C@H](O)[C@@H](O)C(=O)NCCc1cccs1)CC2. The number of methoxy groups -OCH3 is 2. The Kier molecular flexibility index (Phi) is 7.30. The van der Waals surface area contributed by atoms with Crippen LogP contribution in [-0.2, 0) is 29.0 Å². The molecule has 0 radical (unpaired) electrons. The zero-order valence-electron chi connectivity index (χ0n) is 17.0. The maximum Gasteiger partial charge on any atom is 0.255 e. The predicted molar refractivity (Wildman–Crippen MR) is 112 cm³/mol. The molecule has 0 unspecified atom stereocenters. The number of thiophene rings is 1. The molecule has 1 aliphatic rings. The summed E-state index contributed by atoms with van der Waals surface area (Å²) in [6, 6.07) is 7.54. The molecule has 0 fully saturated rings. The third kappa shape index (κ3) is 4.92. The van der Waals surface area contributed by atoms with Crippen LogP contribution in [0.3, 0.4) is 0 Å². The first-order chi connectivity index (χ1) is 14.4. The molecule has 0 saturated heterocycles. The van der Waals surface area contributed by atoms with E-state index >= 15 is 0 Å². The van der Waals surface area contributed by atoms with Crippen molar-refractivity contribution < 1.29 is 29.3 Å². The van der Waals surface area contributed by atoms with Crippen molar-refractivity contribution in [2.24, 2.45) is 0 Å². The standard InChI is InChI=1S/C21H26N2O6S/c1-28-16-10-13-6-8-23(12-14(13)11-17(16)29-2)21(27)19(25)18(24)20(26)22-7-5-15-4-3-9-30-15/h3-4,9-11,18-19,24-25H,5-8,12H2,1-2H3,(H,22,26)/t18-,19-/m1/s1. The van der Waals surface area contributed by atoms with Crippen LogP contribution in [0.15, 0.2) is 29.6 Å². The van der Waals surface area contributed by atoms with E-state index in [0.29, 0.717) is 37.4 Å². The van der Waals surface area contributed by atoms with Gasteiger partial charge in [-0.1, -0.05) is 6.07 Å². The van der Waals surface area contributed by atoms with Gasteiger partial charge in [-0.3, -0.25) is 9.59 Å². The molecule has 0 spiro atoms. The van der Waals surface area contributed by atoms with Crippen LogP contribution < -0.4 is 14.8 Å². The number of fused-ring (bicyclic) bond motifs is 1. The number of nitrogens with one attached hydrogen (secondary N) is 1. The number of carbonyl (C=O) groups is 2. The minimum atomic E-state index is -1.83. The van der Waals surface area contributed by atoms with Crippen molar-refractivity contribution in [3.05, 3.63) is 45.6 Å². The Morgan fingerprint density at radius 1 is 1.17 bits per heavy atom. The normalized spacial score (nSPS) is 15.1. The number of benzene rings is 1. The Bertz CT molecular complexity index is 886. The molecule has 1 aromatic heterocycles. The average molecular weight is 435 g/mol. The van der Waals surface area contributed by atoms with E-state index in [4.69, 9.17) is 9.47 Å². The van der Waals surface area contributed by atoms with Crippen LogP contribution >= 0.6 is 11.3 Å². The highest BCUT2D eigenvalue weighted by atomic mass is 32.1. The van der Waals surface area contributed by atoms with E-state index in [2.05, 4.69) is 5.32 Å². The van der Waals surface area contributed by atoms with Gasteiger partial charge in [-0.25, -0.2) is 0 Å². The largest absolute Gasteiger partial charge is 0.493 e. The summed E-state index contributed by atoms with van der Waals surface area (Å²) in [6.07, 6.45) is -2.47. The van der Waals surface area contributed by atoms with Gasteiger partial charge in [0.1, 0.15) is 0 Å². The van der Waals surface area contributed by atoms with Crippen molar-refractivity contribution in [3.8, 4) is 11.5 Å². The maximum atomic E-state index is 12.7. The van der Waals surface area contributed by atoms with Crippen molar-refractivity contribution >= 4 is 23.2 Å². The van der Waals surface area contributed by atoms with Gasteiger partial charge in [-0.05, 0) is 47.5 Å². The first-order valence-corrected chi connectivity index (χ1v) is 10.5. The van der Waals surface area contributed by atoms with E-state index in [1.165, 1.54) is 12.0 Å². The zero-order chi connectivity index (χ0) is 21.7. The molecule has 2 amide bonds. The molecule has 0 saturated carbocycles. The fourth-order valence-corrected chi connectivity index (χ4v) is 4.11. The summed E-state index contributed by atoms with van der Waals surface area (Å²) >= 11 is 1.57. The second-order valence-electron chi connectivity index (χ2n) is 7.00. The smallest absolute Gasteiger partial charge is 0.255 e. The van der Waals surface area contributed by atoms with Gasteiger partial charge in [0.15, 0.2) is 23.7 Å². The monoisotopic (exact) mass is 434 g/mol. The Morgan fingerprint density at radius 2 is 1.87 bits per heavy atom. The number of carbonyl (C=O) groups excluding carboxylic acids is 2. The minimum absolute atomic E-state index is 0.248. The highest BCUT2D eigenvalue weighted by Gasteiger charge is 2.34. The van der Waals surface area contributed by atoms with Crippen molar-refractivity contribution in [2.75, 3.05) is 27.3 Å². The Morgan fingerprint density at radius 3 is 2.50 bits per heavy atom. The average Bonchev–Trinajstić information content (AvgIpc) is 3.29. The maximum absolute atomic E-state index is 12.7. The fraction of sp³-hybridized carbons (Fsp3) is 0.429. The van der Waals surface area contributed by atoms with Crippen molar-refractivity contribution in [1.29, 1.82) is 0 Å². The van der Waals surface area contributed by atoms with Gasteiger partial charge in [0.05, 0.1) is 14.2 Å². The predicted octanol–water partition coefficient (Wildman–Crippen LogP) is 0.731. The molecule has 1 aromatic carbocycles. The van der Waals surface area contributed by atoms with E-state index in [9.17, 15) is 19.8 Å². The van der Waals surface area contributed by atoms with Gasteiger partial charge in [0, 0.05) is 24.5 Å². The van der Waals surface area contributed by atoms with E-state index in [0.717, 1.165) is 16.0 Å². The van der Waals surface area contributed by atoms with Crippen LogP contribution in [0.25, 0.3) is 0 Å². The first-order valence-electron chi connectivity index (χ1n) is 9.63. The van der Waals surface area contributed by atoms with E-state index in [1.807, 2.05) is 23.6 Å². The quantitative estimate of drug-likeness (QED) is 0.565. The lowest BCUT2D eigenvalue weighted by molar-refractivity contribution is -0.153. The summed E-state index contributed by atoms with van der Waals surface area (Å²) in [5, 5.41) is 24.9. The molecule has 3 rings (SSSR count). The molecule has 9 heteroatoms. The molecule has 30 heavy (non-hydrogen) atoms. The molecule has 2 atom stereocenters. The van der Waals surface area contributed by atoms with Gasteiger partial charge in [-0.2, -0.15) is 0 Å². The number of hydrogen-bond donors (Lipinski definition) is 3. The van der Waals surface area contributed by atoms with Gasteiger partial charge in [0.2, 0.25) is 0 Å². The molecule has 3 N–H and O–H groups in total. The van der Waals surface area contributed by atoms with Gasteiger partial charge in [0.25, 0.3) is 11.8 Å². The van der Waals surface area contributed by atoms with Crippen molar-refractivity contribution in [2.45, 2.75) is 31.6 Å². The number of hydrogen-bond acceptors (Lipinski definition) is 7. The minimum Gasteiger partial charge on any atom is -0.493 e. The lowest BCUT2D eigenvalue weighted by Gasteiger charge is -2.31. The molecular weight excluding hydrogens is 408 g/mol. The molecular formula is C21H26N2O6S. The van der Waals surface area contributed by atoms with Crippen LogP contribution in [-0.4, -0.2) is 66.4 Å². The van der Waals surface area contributed by atoms with Gasteiger partial charge in [-0.15, -0.1) is 11.3 Å². The summed E-state index contributed by atoms with van der Waals surface area (Å²) < 4.78 is 10.6. The summed E-state index contributed by atoms with van der Waals surface area (Å²) in [6.45, 7) is 0.930. The summed E-state index contributed by atoms with van der Waals surface area (Å²) in [5.41, 5.74) is 1.90.